The van der Waals surface area contributed by atoms with E-state index in [-0.39, 0.29) is 0 Å². The van der Waals surface area contributed by atoms with Crippen LogP contribution in [0.25, 0.3) is 0 Å². The summed E-state index contributed by atoms with van der Waals surface area (Å²) >= 11 is 0. The average molecular weight is 219 g/mol. The molecule has 0 saturated carbocycles. The Morgan fingerprint density at radius 1 is 1.33 bits per heavy atom. The normalized spacial score (nSPS) is 20.4. The molecular weight excluding hydrogens is 198 g/mol. The van der Waals surface area contributed by atoms with Gasteiger partial charge in [0.1, 0.15) is 0 Å². The van der Waals surface area contributed by atoms with Crippen LogP contribution in [0, 0.1) is 0 Å². The Hall–Kier alpha value is -0.200. The Morgan fingerprint density at radius 2 is 2.07 bits per heavy atom. The molecule has 1 N–H and O–H groups in total. The summed E-state index contributed by atoms with van der Waals surface area (Å²) in [5.74, 6) is 0. The van der Waals surface area contributed by atoms with Crippen LogP contribution in [0.4, 0.5) is 0 Å². The molecule has 15 heavy (non-hydrogen) atoms. The van der Waals surface area contributed by atoms with Crippen LogP contribution < -0.4 is 0 Å². The van der Waals surface area contributed by atoms with Crippen LogP contribution in [-0.2, 0) is 14.2 Å². The predicted molar refractivity (Wildman–Crippen MR) is 56.0 cm³/mol. The van der Waals surface area contributed by atoms with E-state index in [2.05, 4.69) is 4.90 Å². The van der Waals surface area contributed by atoms with Gasteiger partial charge in [-0.25, -0.2) is 0 Å². The van der Waals surface area contributed by atoms with Gasteiger partial charge in [-0.2, -0.15) is 0 Å². The van der Waals surface area contributed by atoms with Crippen molar-refractivity contribution in [1.29, 1.82) is 0 Å². The largest absolute Gasteiger partial charge is 0.389 e. The van der Waals surface area contributed by atoms with E-state index in [1.54, 1.807) is 7.11 Å². The summed E-state index contributed by atoms with van der Waals surface area (Å²) in [6.07, 6.45) is -0.417. The Kier molecular flexibility index (Phi) is 6.87. The lowest BCUT2D eigenvalue weighted by molar-refractivity contribution is -0.0218. The molecule has 1 aliphatic rings. The van der Waals surface area contributed by atoms with Crippen molar-refractivity contribution in [2.45, 2.75) is 6.10 Å². The first kappa shape index (κ1) is 12.9. The zero-order valence-electron chi connectivity index (χ0n) is 9.35. The van der Waals surface area contributed by atoms with Crippen LogP contribution in [0.1, 0.15) is 0 Å². The molecule has 0 aliphatic carbocycles. The maximum atomic E-state index is 9.65. The second-order valence-electron chi connectivity index (χ2n) is 3.63. The summed E-state index contributed by atoms with van der Waals surface area (Å²) in [7, 11) is 1.63. The predicted octanol–water partition coefficient (Wildman–Crippen LogP) is -0.657. The van der Waals surface area contributed by atoms with Gasteiger partial charge in [-0.05, 0) is 0 Å². The minimum Gasteiger partial charge on any atom is -0.389 e. The number of aliphatic hydroxyl groups excluding tert-OH is 1. The number of rotatable bonds is 7. The van der Waals surface area contributed by atoms with Crippen molar-refractivity contribution in [1.82, 2.24) is 4.90 Å². The molecule has 90 valence electrons. The molecule has 5 nitrogen and oxygen atoms in total. The number of aliphatic hydroxyl groups is 1. The Bertz CT molecular complexity index is 150. The molecular formula is C10H21NO4. The maximum absolute atomic E-state index is 9.65. The molecule has 0 aromatic heterocycles. The number of β-amino-alcohol motifs (C(OH)–C–C–N with tert-alkyl or cyclic N) is 1. The summed E-state index contributed by atoms with van der Waals surface area (Å²) in [6, 6.07) is 0. The van der Waals surface area contributed by atoms with Crippen LogP contribution in [-0.4, -0.2) is 75.9 Å². The Labute approximate surface area is 90.9 Å². The zero-order valence-corrected chi connectivity index (χ0v) is 9.35. The van der Waals surface area contributed by atoms with E-state index in [1.807, 2.05) is 0 Å². The van der Waals surface area contributed by atoms with Gasteiger partial charge in [0.15, 0.2) is 0 Å². The fourth-order valence-corrected chi connectivity index (χ4v) is 1.50. The van der Waals surface area contributed by atoms with Gasteiger partial charge >= 0.3 is 0 Å². The number of ether oxygens (including phenoxy) is 3. The molecule has 1 saturated heterocycles. The van der Waals surface area contributed by atoms with Crippen LogP contribution >= 0.6 is 0 Å². The van der Waals surface area contributed by atoms with Crippen LogP contribution in [0.15, 0.2) is 0 Å². The Balaban J connectivity index is 1.98. The van der Waals surface area contributed by atoms with Crippen molar-refractivity contribution in [2.24, 2.45) is 0 Å². The second-order valence-corrected chi connectivity index (χ2v) is 3.63. The number of methoxy groups -OCH3 is 1. The van der Waals surface area contributed by atoms with Gasteiger partial charge in [0.2, 0.25) is 0 Å². The highest BCUT2D eigenvalue weighted by molar-refractivity contribution is 4.66. The fourth-order valence-electron chi connectivity index (χ4n) is 1.50. The lowest BCUT2D eigenvalue weighted by Crippen LogP contribution is -2.42. The van der Waals surface area contributed by atoms with Gasteiger partial charge in [-0.1, -0.05) is 0 Å². The monoisotopic (exact) mass is 219 g/mol. The van der Waals surface area contributed by atoms with Gasteiger partial charge in [-0.15, -0.1) is 0 Å². The molecule has 0 radical (unpaired) electrons. The average Bonchev–Trinajstić information content (AvgIpc) is 2.26. The first-order valence-electron chi connectivity index (χ1n) is 5.38. The maximum Gasteiger partial charge on any atom is 0.0900 e. The lowest BCUT2D eigenvalue weighted by atomic mass is 10.3. The van der Waals surface area contributed by atoms with Gasteiger partial charge < -0.3 is 19.3 Å². The van der Waals surface area contributed by atoms with E-state index in [0.29, 0.717) is 26.4 Å². The van der Waals surface area contributed by atoms with Crippen molar-refractivity contribution in [2.75, 3.05) is 59.8 Å². The molecule has 5 heteroatoms. The van der Waals surface area contributed by atoms with E-state index in [0.717, 1.165) is 26.3 Å². The van der Waals surface area contributed by atoms with Crippen molar-refractivity contribution >= 4 is 0 Å². The topological polar surface area (TPSA) is 51.2 Å². The molecule has 0 bridgehead atoms. The molecule has 0 spiro atoms. The number of nitrogens with zero attached hydrogens (tertiary/aromatic N) is 1. The van der Waals surface area contributed by atoms with Crippen molar-refractivity contribution < 1.29 is 19.3 Å². The van der Waals surface area contributed by atoms with Crippen molar-refractivity contribution in [3.8, 4) is 0 Å². The third-order valence-electron chi connectivity index (χ3n) is 2.31. The molecule has 1 heterocycles. The highest BCUT2D eigenvalue weighted by atomic mass is 16.5. The van der Waals surface area contributed by atoms with Gasteiger partial charge in [0.05, 0.1) is 39.1 Å². The van der Waals surface area contributed by atoms with E-state index >= 15 is 0 Å². The number of hydrogen-bond donors (Lipinski definition) is 1. The van der Waals surface area contributed by atoms with E-state index in [4.69, 9.17) is 14.2 Å². The first-order chi connectivity index (χ1) is 7.33. The molecule has 0 amide bonds. The quantitative estimate of drug-likeness (QED) is 0.576. The molecule has 0 aromatic rings. The summed E-state index contributed by atoms with van der Waals surface area (Å²) < 4.78 is 15.3. The van der Waals surface area contributed by atoms with Gasteiger partial charge in [0.25, 0.3) is 0 Å². The van der Waals surface area contributed by atoms with E-state index in [1.165, 1.54) is 0 Å². The summed E-state index contributed by atoms with van der Waals surface area (Å²) in [5.41, 5.74) is 0. The molecule has 1 fully saturated rings. The highest BCUT2D eigenvalue weighted by Gasteiger charge is 2.14. The van der Waals surface area contributed by atoms with Crippen molar-refractivity contribution in [3.05, 3.63) is 0 Å². The summed E-state index contributed by atoms with van der Waals surface area (Å²) in [4.78, 5) is 2.19. The third-order valence-corrected chi connectivity index (χ3v) is 2.31. The summed E-state index contributed by atoms with van der Waals surface area (Å²) in [6.45, 7) is 5.47. The van der Waals surface area contributed by atoms with Gasteiger partial charge in [0, 0.05) is 26.7 Å². The minimum absolute atomic E-state index is 0.376. The molecule has 1 unspecified atom stereocenters. The van der Waals surface area contributed by atoms with Crippen LogP contribution in [0.5, 0.6) is 0 Å². The molecule has 1 rings (SSSR count). The van der Waals surface area contributed by atoms with E-state index < -0.39 is 6.10 Å². The molecule has 1 aliphatic heterocycles. The smallest absolute Gasteiger partial charge is 0.0900 e. The minimum atomic E-state index is -0.417. The highest BCUT2D eigenvalue weighted by Crippen LogP contribution is 1.98. The second kappa shape index (κ2) is 8.01. The zero-order chi connectivity index (χ0) is 10.9. The molecule has 1 atom stereocenters. The standard InChI is InChI=1S/C10H21NO4/c1-13-6-7-15-9-10(12)8-11-2-4-14-5-3-11/h10,12H,2-9H2,1H3. The third kappa shape index (κ3) is 6.06. The number of morpholine rings is 1. The Morgan fingerprint density at radius 3 is 2.73 bits per heavy atom. The first-order valence-corrected chi connectivity index (χ1v) is 5.38. The van der Waals surface area contributed by atoms with Gasteiger partial charge in [-0.3, -0.25) is 4.90 Å². The lowest BCUT2D eigenvalue weighted by Gasteiger charge is -2.28. The van der Waals surface area contributed by atoms with Crippen LogP contribution in [0.3, 0.4) is 0 Å². The van der Waals surface area contributed by atoms with Crippen LogP contribution in [0.2, 0.25) is 0 Å². The molecule has 0 aromatic carbocycles. The van der Waals surface area contributed by atoms with E-state index in [9.17, 15) is 5.11 Å². The fraction of sp³-hybridized carbons (Fsp3) is 1.00. The summed E-state index contributed by atoms with van der Waals surface area (Å²) in [5, 5.41) is 9.65. The number of hydrogen-bond acceptors (Lipinski definition) is 5. The van der Waals surface area contributed by atoms with Crippen molar-refractivity contribution in [3.63, 3.8) is 0 Å². The SMILES string of the molecule is COCCOCC(O)CN1CCOCC1.